The number of hydrogen-bond acceptors (Lipinski definition) is 4. The second kappa shape index (κ2) is 5.19. The van der Waals surface area contributed by atoms with E-state index in [4.69, 9.17) is 0 Å². The van der Waals surface area contributed by atoms with Gasteiger partial charge in [-0.1, -0.05) is 26.0 Å². The standard InChI is InChI=1S/C15H17NOS2/c1-9-13(11-5-3-7-18-11)16-14(10(2)15(9)17)12-6-4-8-19-12/h3-10,13-14,16H,1-2H3/t9-,10+,13-,14-/m0/s1. The average Bonchev–Trinajstić information content (AvgIpc) is 3.08. The SMILES string of the molecule is C[C@@H]1C(=O)[C@H](C)[C@@H](c2cccs2)N[C@@H]1c1cccs1. The normalized spacial score (nSPS) is 31.6. The zero-order chi connectivity index (χ0) is 13.4. The molecule has 0 spiro atoms. The van der Waals surface area contributed by atoms with Crippen LogP contribution in [-0.2, 0) is 4.79 Å². The predicted octanol–water partition coefficient (Wildman–Crippen LogP) is 4.04. The van der Waals surface area contributed by atoms with Gasteiger partial charge >= 0.3 is 0 Å². The van der Waals surface area contributed by atoms with E-state index in [1.807, 2.05) is 13.8 Å². The molecule has 0 unspecified atom stereocenters. The fourth-order valence-electron chi connectivity index (χ4n) is 2.82. The number of thiophene rings is 2. The summed E-state index contributed by atoms with van der Waals surface area (Å²) in [5.41, 5.74) is 0. The summed E-state index contributed by atoms with van der Waals surface area (Å²) >= 11 is 3.45. The number of ketones is 1. The van der Waals surface area contributed by atoms with Crippen molar-refractivity contribution in [3.63, 3.8) is 0 Å². The van der Waals surface area contributed by atoms with Crippen molar-refractivity contribution in [3.05, 3.63) is 44.8 Å². The van der Waals surface area contributed by atoms with Gasteiger partial charge in [0.05, 0.1) is 12.1 Å². The van der Waals surface area contributed by atoms with Crippen LogP contribution in [0.5, 0.6) is 0 Å². The summed E-state index contributed by atoms with van der Waals surface area (Å²) in [4.78, 5) is 15.0. The van der Waals surface area contributed by atoms with Gasteiger partial charge in [-0.2, -0.15) is 0 Å². The molecule has 1 N–H and O–H groups in total. The number of Topliss-reactive ketones (excluding diaryl/α,β-unsaturated/α-hetero) is 1. The van der Waals surface area contributed by atoms with Crippen molar-refractivity contribution in [2.24, 2.45) is 11.8 Å². The van der Waals surface area contributed by atoms with Crippen LogP contribution in [0.3, 0.4) is 0 Å². The zero-order valence-electron chi connectivity index (χ0n) is 11.0. The van der Waals surface area contributed by atoms with Gasteiger partial charge in [0.25, 0.3) is 0 Å². The van der Waals surface area contributed by atoms with E-state index in [1.165, 1.54) is 9.75 Å². The fourth-order valence-corrected chi connectivity index (χ4v) is 4.60. The maximum atomic E-state index is 12.5. The molecule has 4 heteroatoms. The van der Waals surface area contributed by atoms with E-state index in [2.05, 4.69) is 40.3 Å². The Bertz CT molecular complexity index is 498. The highest BCUT2D eigenvalue weighted by Crippen LogP contribution is 2.40. The molecule has 3 heterocycles. The Balaban J connectivity index is 1.93. The van der Waals surface area contributed by atoms with Gasteiger partial charge in [0, 0.05) is 21.6 Å². The van der Waals surface area contributed by atoms with Crippen LogP contribution in [0, 0.1) is 11.8 Å². The highest BCUT2D eigenvalue weighted by molar-refractivity contribution is 7.10. The molecule has 0 radical (unpaired) electrons. The smallest absolute Gasteiger partial charge is 0.142 e. The van der Waals surface area contributed by atoms with Gasteiger partial charge in [0.2, 0.25) is 0 Å². The van der Waals surface area contributed by atoms with Crippen LogP contribution in [0.1, 0.15) is 35.7 Å². The van der Waals surface area contributed by atoms with Gasteiger partial charge < -0.3 is 5.32 Å². The lowest BCUT2D eigenvalue weighted by molar-refractivity contribution is -0.130. The fraction of sp³-hybridized carbons (Fsp3) is 0.400. The van der Waals surface area contributed by atoms with E-state index in [1.54, 1.807) is 22.7 Å². The summed E-state index contributed by atoms with van der Waals surface area (Å²) in [6, 6.07) is 8.64. The molecule has 0 amide bonds. The molecule has 100 valence electrons. The van der Waals surface area contributed by atoms with E-state index in [-0.39, 0.29) is 23.9 Å². The molecule has 1 aliphatic rings. The monoisotopic (exact) mass is 291 g/mol. The van der Waals surface area contributed by atoms with Gasteiger partial charge in [-0.25, -0.2) is 0 Å². The van der Waals surface area contributed by atoms with Crippen LogP contribution in [0.15, 0.2) is 35.0 Å². The molecular formula is C15H17NOS2. The lowest BCUT2D eigenvalue weighted by Crippen LogP contribution is -2.45. The van der Waals surface area contributed by atoms with Crippen molar-refractivity contribution in [1.29, 1.82) is 0 Å². The summed E-state index contributed by atoms with van der Waals surface area (Å²) in [7, 11) is 0. The minimum absolute atomic E-state index is 0.0462. The Morgan fingerprint density at radius 3 is 1.79 bits per heavy atom. The number of carbonyl (C=O) groups is 1. The Morgan fingerprint density at radius 1 is 0.947 bits per heavy atom. The van der Waals surface area contributed by atoms with Crippen LogP contribution in [0.25, 0.3) is 0 Å². The summed E-state index contributed by atoms with van der Waals surface area (Å²) in [5, 5.41) is 7.84. The van der Waals surface area contributed by atoms with E-state index < -0.39 is 0 Å². The lowest BCUT2D eigenvalue weighted by Gasteiger charge is -2.38. The molecule has 1 aliphatic heterocycles. The Labute approximate surface area is 121 Å². The summed E-state index contributed by atoms with van der Waals surface area (Å²) < 4.78 is 0. The van der Waals surface area contributed by atoms with Crippen LogP contribution in [-0.4, -0.2) is 5.78 Å². The van der Waals surface area contributed by atoms with Crippen LogP contribution >= 0.6 is 22.7 Å². The number of piperidine rings is 1. The predicted molar refractivity (Wildman–Crippen MR) is 80.6 cm³/mol. The molecule has 4 atom stereocenters. The molecule has 2 aromatic rings. The van der Waals surface area contributed by atoms with Crippen LogP contribution in [0.2, 0.25) is 0 Å². The first kappa shape index (κ1) is 13.0. The number of hydrogen-bond donors (Lipinski definition) is 1. The average molecular weight is 291 g/mol. The second-order valence-electron chi connectivity index (χ2n) is 5.13. The maximum Gasteiger partial charge on any atom is 0.142 e. The summed E-state index contributed by atoms with van der Waals surface area (Å²) in [6.45, 7) is 4.09. The quantitative estimate of drug-likeness (QED) is 0.905. The number of nitrogens with one attached hydrogen (secondary N) is 1. The molecule has 1 fully saturated rings. The molecular weight excluding hydrogens is 274 g/mol. The first-order chi connectivity index (χ1) is 9.18. The zero-order valence-corrected chi connectivity index (χ0v) is 12.6. The number of carbonyl (C=O) groups excluding carboxylic acids is 1. The van der Waals surface area contributed by atoms with Gasteiger partial charge in [-0.3, -0.25) is 4.79 Å². The third kappa shape index (κ3) is 2.29. The Kier molecular flexibility index (Phi) is 3.56. The highest BCUT2D eigenvalue weighted by atomic mass is 32.1. The van der Waals surface area contributed by atoms with Crippen molar-refractivity contribution >= 4 is 28.5 Å². The third-order valence-corrected chi connectivity index (χ3v) is 5.87. The first-order valence-electron chi connectivity index (χ1n) is 6.55. The van der Waals surface area contributed by atoms with Crippen molar-refractivity contribution < 1.29 is 4.79 Å². The molecule has 2 aromatic heterocycles. The minimum atomic E-state index is 0.0462. The molecule has 0 aromatic carbocycles. The van der Waals surface area contributed by atoms with Crippen molar-refractivity contribution in [2.75, 3.05) is 0 Å². The van der Waals surface area contributed by atoms with E-state index in [0.29, 0.717) is 5.78 Å². The Hall–Kier alpha value is -0.970. The maximum absolute atomic E-state index is 12.5. The minimum Gasteiger partial charge on any atom is -0.300 e. The highest BCUT2D eigenvalue weighted by Gasteiger charge is 2.40. The molecule has 19 heavy (non-hydrogen) atoms. The molecule has 2 nitrogen and oxygen atoms in total. The van der Waals surface area contributed by atoms with E-state index in [9.17, 15) is 4.79 Å². The van der Waals surface area contributed by atoms with E-state index >= 15 is 0 Å². The van der Waals surface area contributed by atoms with Gasteiger partial charge in [0.1, 0.15) is 5.78 Å². The van der Waals surface area contributed by atoms with Gasteiger partial charge in [-0.15, -0.1) is 22.7 Å². The largest absolute Gasteiger partial charge is 0.300 e. The molecule has 0 saturated carbocycles. The van der Waals surface area contributed by atoms with Crippen LogP contribution in [0.4, 0.5) is 0 Å². The van der Waals surface area contributed by atoms with Crippen molar-refractivity contribution in [3.8, 4) is 0 Å². The van der Waals surface area contributed by atoms with Gasteiger partial charge in [-0.05, 0) is 22.9 Å². The Morgan fingerprint density at radius 2 is 1.42 bits per heavy atom. The second-order valence-corrected chi connectivity index (χ2v) is 7.09. The molecule has 1 saturated heterocycles. The van der Waals surface area contributed by atoms with Crippen molar-refractivity contribution in [1.82, 2.24) is 5.32 Å². The van der Waals surface area contributed by atoms with Crippen LogP contribution < -0.4 is 5.32 Å². The molecule has 0 aliphatic carbocycles. The topological polar surface area (TPSA) is 29.1 Å². The van der Waals surface area contributed by atoms with Gasteiger partial charge in [0.15, 0.2) is 0 Å². The first-order valence-corrected chi connectivity index (χ1v) is 8.31. The third-order valence-electron chi connectivity index (χ3n) is 3.96. The van der Waals surface area contributed by atoms with Crippen molar-refractivity contribution in [2.45, 2.75) is 25.9 Å². The lowest BCUT2D eigenvalue weighted by atomic mass is 9.79. The summed E-state index contributed by atoms with van der Waals surface area (Å²) in [6.07, 6.45) is 0. The molecule has 0 bridgehead atoms. The van der Waals surface area contributed by atoms with E-state index in [0.717, 1.165) is 0 Å². The number of rotatable bonds is 2. The summed E-state index contributed by atoms with van der Waals surface area (Å²) in [5.74, 6) is 0.463. The molecule has 3 rings (SSSR count).